The number of para-hydroxylation sites is 3. The van der Waals surface area contributed by atoms with E-state index in [0.717, 1.165) is 41.8 Å². The van der Waals surface area contributed by atoms with E-state index in [2.05, 4.69) is 16.0 Å². The van der Waals surface area contributed by atoms with Gasteiger partial charge in [0.05, 0.1) is 17.6 Å². The van der Waals surface area contributed by atoms with Gasteiger partial charge in [-0.2, -0.15) is 0 Å². The van der Waals surface area contributed by atoms with Gasteiger partial charge < -0.3 is 10.5 Å². The third-order valence-corrected chi connectivity index (χ3v) is 3.79. The van der Waals surface area contributed by atoms with E-state index in [1.165, 1.54) is 5.56 Å². The van der Waals surface area contributed by atoms with Gasteiger partial charge in [0.15, 0.2) is 5.82 Å². The highest BCUT2D eigenvalue weighted by atomic mass is 16.5. The molecule has 4 nitrogen and oxygen atoms in total. The molecule has 0 atom stereocenters. The zero-order valence-electron chi connectivity index (χ0n) is 11.5. The Morgan fingerprint density at radius 2 is 1.76 bits per heavy atom. The van der Waals surface area contributed by atoms with E-state index >= 15 is 0 Å². The van der Waals surface area contributed by atoms with Gasteiger partial charge in [-0.3, -0.25) is 0 Å². The highest BCUT2D eigenvalue weighted by Crippen LogP contribution is 2.37. The lowest BCUT2D eigenvalue weighted by Gasteiger charge is -2.20. The van der Waals surface area contributed by atoms with Crippen LogP contribution in [0.2, 0.25) is 0 Å². The first kappa shape index (κ1) is 12.1. The fraction of sp³-hybridized carbons (Fsp3) is 0.176. The second-order valence-corrected chi connectivity index (χ2v) is 5.19. The third kappa shape index (κ3) is 2.00. The highest BCUT2D eigenvalue weighted by molar-refractivity contribution is 5.84. The van der Waals surface area contributed by atoms with Crippen LogP contribution in [-0.4, -0.2) is 16.6 Å². The minimum Gasteiger partial charge on any atom is -0.493 e. The van der Waals surface area contributed by atoms with Crippen LogP contribution in [0.15, 0.2) is 42.5 Å². The molecule has 0 spiro atoms. The van der Waals surface area contributed by atoms with Gasteiger partial charge in [-0.25, -0.2) is 9.97 Å². The van der Waals surface area contributed by atoms with Crippen LogP contribution in [0.4, 0.5) is 5.82 Å². The largest absolute Gasteiger partial charge is 0.493 e. The van der Waals surface area contributed by atoms with Gasteiger partial charge in [-0.05, 0) is 36.6 Å². The molecule has 1 aliphatic heterocycles. The molecule has 2 aromatic carbocycles. The van der Waals surface area contributed by atoms with Crippen molar-refractivity contribution in [3.63, 3.8) is 0 Å². The highest BCUT2D eigenvalue weighted by Gasteiger charge is 2.18. The van der Waals surface area contributed by atoms with Crippen LogP contribution < -0.4 is 10.5 Å². The summed E-state index contributed by atoms with van der Waals surface area (Å²) in [6.07, 6.45) is 2.08. The van der Waals surface area contributed by atoms with Crippen LogP contribution >= 0.6 is 0 Å². The van der Waals surface area contributed by atoms with Crippen LogP contribution in [0.1, 0.15) is 12.0 Å². The molecule has 0 saturated carbocycles. The number of hydrogen-bond donors (Lipinski definition) is 1. The van der Waals surface area contributed by atoms with Crippen LogP contribution in [-0.2, 0) is 6.42 Å². The maximum atomic E-state index is 6.12. The fourth-order valence-electron chi connectivity index (χ4n) is 2.79. The van der Waals surface area contributed by atoms with Gasteiger partial charge in [0.2, 0.25) is 0 Å². The third-order valence-electron chi connectivity index (χ3n) is 3.79. The number of aryl methyl sites for hydroxylation is 1. The molecule has 0 saturated heterocycles. The molecule has 1 aliphatic rings. The average molecular weight is 277 g/mol. The quantitative estimate of drug-likeness (QED) is 0.742. The minimum absolute atomic E-state index is 0.441. The lowest BCUT2D eigenvalue weighted by molar-refractivity contribution is 0.289. The van der Waals surface area contributed by atoms with Crippen LogP contribution in [0.5, 0.6) is 5.75 Å². The molecule has 2 N–H and O–H groups in total. The first-order valence-electron chi connectivity index (χ1n) is 7.10. The molecule has 3 aromatic rings. The van der Waals surface area contributed by atoms with E-state index < -0.39 is 0 Å². The summed E-state index contributed by atoms with van der Waals surface area (Å²) >= 11 is 0. The Kier molecular flexibility index (Phi) is 2.74. The standard InChI is InChI=1S/C17H15N3O/c18-17-15(19-13-8-1-2-9-14(13)20-17)12-7-3-5-11-6-4-10-21-16(11)12/h1-3,5,7-9H,4,6,10H2,(H2,18,20). The summed E-state index contributed by atoms with van der Waals surface area (Å²) < 4.78 is 5.85. The van der Waals surface area contributed by atoms with Crippen LogP contribution in [0, 0.1) is 0 Å². The molecular weight excluding hydrogens is 262 g/mol. The van der Waals surface area contributed by atoms with Gasteiger partial charge in [0.25, 0.3) is 0 Å². The Morgan fingerprint density at radius 3 is 2.62 bits per heavy atom. The Balaban J connectivity index is 1.96. The van der Waals surface area contributed by atoms with Crippen molar-refractivity contribution in [1.82, 2.24) is 9.97 Å². The number of nitrogen functional groups attached to an aromatic ring is 1. The number of nitrogens with two attached hydrogens (primary N) is 1. The predicted octanol–water partition coefficient (Wildman–Crippen LogP) is 3.20. The summed E-state index contributed by atoms with van der Waals surface area (Å²) in [4.78, 5) is 9.15. The lowest BCUT2D eigenvalue weighted by Crippen LogP contribution is -2.10. The van der Waals surface area contributed by atoms with E-state index in [1.807, 2.05) is 36.4 Å². The lowest BCUT2D eigenvalue weighted by atomic mass is 10.0. The zero-order chi connectivity index (χ0) is 14.2. The van der Waals surface area contributed by atoms with E-state index in [-0.39, 0.29) is 0 Å². The summed E-state index contributed by atoms with van der Waals surface area (Å²) in [6, 6.07) is 13.9. The maximum Gasteiger partial charge on any atom is 0.150 e. The summed E-state index contributed by atoms with van der Waals surface area (Å²) in [5.74, 6) is 1.34. The molecule has 0 fully saturated rings. The molecule has 4 heteroatoms. The van der Waals surface area contributed by atoms with Crippen molar-refractivity contribution in [2.45, 2.75) is 12.8 Å². The van der Waals surface area contributed by atoms with Gasteiger partial charge in [-0.1, -0.05) is 24.3 Å². The number of aromatic nitrogens is 2. The van der Waals surface area contributed by atoms with Gasteiger partial charge in [0, 0.05) is 5.56 Å². The molecule has 4 rings (SSSR count). The van der Waals surface area contributed by atoms with Crippen molar-refractivity contribution in [2.24, 2.45) is 0 Å². The fourth-order valence-corrected chi connectivity index (χ4v) is 2.79. The normalized spacial score (nSPS) is 13.7. The molecule has 0 unspecified atom stereocenters. The Morgan fingerprint density at radius 1 is 0.952 bits per heavy atom. The van der Waals surface area contributed by atoms with E-state index in [0.29, 0.717) is 11.5 Å². The van der Waals surface area contributed by atoms with E-state index in [1.54, 1.807) is 0 Å². The zero-order valence-corrected chi connectivity index (χ0v) is 11.5. The number of rotatable bonds is 1. The molecular formula is C17H15N3O. The summed E-state index contributed by atoms with van der Waals surface area (Å²) in [5.41, 5.74) is 10.6. The van der Waals surface area contributed by atoms with Gasteiger partial charge in [0.1, 0.15) is 11.4 Å². The summed E-state index contributed by atoms with van der Waals surface area (Å²) in [7, 11) is 0. The maximum absolute atomic E-state index is 6.12. The molecule has 21 heavy (non-hydrogen) atoms. The Hall–Kier alpha value is -2.62. The smallest absolute Gasteiger partial charge is 0.150 e. The molecule has 104 valence electrons. The van der Waals surface area contributed by atoms with E-state index in [9.17, 15) is 0 Å². The molecule has 0 bridgehead atoms. The second-order valence-electron chi connectivity index (χ2n) is 5.19. The van der Waals surface area contributed by atoms with Gasteiger partial charge in [-0.15, -0.1) is 0 Å². The first-order valence-corrected chi connectivity index (χ1v) is 7.10. The number of hydrogen-bond acceptors (Lipinski definition) is 4. The monoisotopic (exact) mass is 277 g/mol. The molecule has 2 heterocycles. The predicted molar refractivity (Wildman–Crippen MR) is 83.2 cm³/mol. The van der Waals surface area contributed by atoms with Crippen LogP contribution in [0.25, 0.3) is 22.3 Å². The minimum atomic E-state index is 0.441. The number of nitrogens with zero attached hydrogens (tertiary/aromatic N) is 2. The Labute approximate surface area is 122 Å². The van der Waals surface area contributed by atoms with Crippen molar-refractivity contribution in [3.8, 4) is 17.0 Å². The topological polar surface area (TPSA) is 61.0 Å². The molecule has 0 aliphatic carbocycles. The van der Waals surface area contributed by atoms with Crippen molar-refractivity contribution in [2.75, 3.05) is 12.3 Å². The number of anilines is 1. The van der Waals surface area contributed by atoms with Gasteiger partial charge >= 0.3 is 0 Å². The Bertz CT molecular complexity index is 829. The average Bonchev–Trinajstić information content (AvgIpc) is 2.54. The number of fused-ring (bicyclic) bond motifs is 2. The van der Waals surface area contributed by atoms with Crippen molar-refractivity contribution >= 4 is 16.9 Å². The number of ether oxygens (including phenoxy) is 1. The number of benzene rings is 2. The molecule has 0 radical (unpaired) electrons. The SMILES string of the molecule is Nc1nc2ccccc2nc1-c1cccc2c1OCCC2. The summed E-state index contributed by atoms with van der Waals surface area (Å²) in [5, 5.41) is 0. The van der Waals surface area contributed by atoms with E-state index in [4.69, 9.17) is 10.5 Å². The second kappa shape index (κ2) is 4.74. The molecule has 0 amide bonds. The summed E-state index contributed by atoms with van der Waals surface area (Å²) in [6.45, 7) is 0.741. The molecule has 1 aromatic heterocycles. The van der Waals surface area contributed by atoms with Crippen molar-refractivity contribution in [3.05, 3.63) is 48.0 Å². The van der Waals surface area contributed by atoms with Crippen molar-refractivity contribution < 1.29 is 4.74 Å². The van der Waals surface area contributed by atoms with Crippen LogP contribution in [0.3, 0.4) is 0 Å². The van der Waals surface area contributed by atoms with Crippen molar-refractivity contribution in [1.29, 1.82) is 0 Å². The first-order chi connectivity index (χ1) is 10.3.